The maximum absolute atomic E-state index is 12.0. The van der Waals surface area contributed by atoms with Crippen LogP contribution in [0.3, 0.4) is 0 Å². The van der Waals surface area contributed by atoms with Crippen molar-refractivity contribution >= 4 is 5.95 Å². The molecule has 0 bridgehead atoms. The molecule has 1 saturated heterocycles. The SMILES string of the molecule is O=c1[nH]c(NCCN2CCOCC2)nc2c1CCCC2. The summed E-state index contributed by atoms with van der Waals surface area (Å²) >= 11 is 0. The van der Waals surface area contributed by atoms with E-state index in [0.717, 1.165) is 76.3 Å². The van der Waals surface area contributed by atoms with E-state index in [-0.39, 0.29) is 5.56 Å². The Morgan fingerprint density at radius 2 is 2.05 bits per heavy atom. The Hall–Kier alpha value is -1.40. The molecule has 0 amide bonds. The van der Waals surface area contributed by atoms with Crippen molar-refractivity contribution < 1.29 is 4.74 Å². The van der Waals surface area contributed by atoms with Gasteiger partial charge in [0.25, 0.3) is 5.56 Å². The van der Waals surface area contributed by atoms with Gasteiger partial charge in [0.1, 0.15) is 0 Å². The molecule has 1 aliphatic heterocycles. The van der Waals surface area contributed by atoms with Crippen LogP contribution in [0.1, 0.15) is 24.1 Å². The molecule has 3 rings (SSSR count). The third kappa shape index (κ3) is 3.19. The molecule has 2 aliphatic rings. The van der Waals surface area contributed by atoms with E-state index in [4.69, 9.17) is 4.74 Å². The van der Waals surface area contributed by atoms with Crippen molar-refractivity contribution in [2.24, 2.45) is 0 Å². The van der Waals surface area contributed by atoms with Crippen molar-refractivity contribution in [3.05, 3.63) is 21.6 Å². The summed E-state index contributed by atoms with van der Waals surface area (Å²) in [6, 6.07) is 0. The van der Waals surface area contributed by atoms with Crippen molar-refractivity contribution in [3.63, 3.8) is 0 Å². The summed E-state index contributed by atoms with van der Waals surface area (Å²) in [7, 11) is 0. The van der Waals surface area contributed by atoms with Crippen LogP contribution in [0, 0.1) is 0 Å². The molecule has 1 fully saturated rings. The highest BCUT2D eigenvalue weighted by molar-refractivity contribution is 5.31. The zero-order valence-electron chi connectivity index (χ0n) is 11.8. The van der Waals surface area contributed by atoms with Crippen LogP contribution >= 0.6 is 0 Å². The number of morpholine rings is 1. The monoisotopic (exact) mass is 278 g/mol. The van der Waals surface area contributed by atoms with Gasteiger partial charge >= 0.3 is 0 Å². The first-order valence-electron chi connectivity index (χ1n) is 7.49. The summed E-state index contributed by atoms with van der Waals surface area (Å²) in [4.78, 5) is 21.7. The van der Waals surface area contributed by atoms with Crippen molar-refractivity contribution in [2.75, 3.05) is 44.7 Å². The molecule has 0 spiro atoms. The molecule has 1 aromatic heterocycles. The minimum Gasteiger partial charge on any atom is -0.379 e. The topological polar surface area (TPSA) is 70.2 Å². The summed E-state index contributed by atoms with van der Waals surface area (Å²) in [5.74, 6) is 0.615. The number of nitrogens with zero attached hydrogens (tertiary/aromatic N) is 2. The van der Waals surface area contributed by atoms with Gasteiger partial charge in [-0.05, 0) is 25.7 Å². The molecule has 1 aliphatic carbocycles. The molecule has 110 valence electrons. The van der Waals surface area contributed by atoms with Gasteiger partial charge < -0.3 is 10.1 Å². The normalized spacial score (nSPS) is 19.6. The van der Waals surface area contributed by atoms with Gasteiger partial charge in [-0.1, -0.05) is 0 Å². The number of H-pyrrole nitrogens is 1. The largest absolute Gasteiger partial charge is 0.379 e. The van der Waals surface area contributed by atoms with Crippen molar-refractivity contribution in [3.8, 4) is 0 Å². The quantitative estimate of drug-likeness (QED) is 0.834. The molecule has 0 aromatic carbocycles. The third-order valence-corrected chi connectivity index (χ3v) is 4.02. The summed E-state index contributed by atoms with van der Waals surface area (Å²) in [5.41, 5.74) is 1.90. The lowest BCUT2D eigenvalue weighted by molar-refractivity contribution is 0.0398. The third-order valence-electron chi connectivity index (χ3n) is 4.02. The number of fused-ring (bicyclic) bond motifs is 1. The first-order valence-corrected chi connectivity index (χ1v) is 7.49. The van der Waals surface area contributed by atoms with Crippen LogP contribution in [0.4, 0.5) is 5.95 Å². The average Bonchev–Trinajstić information content (AvgIpc) is 2.48. The Bertz CT molecular complexity index is 508. The van der Waals surface area contributed by atoms with Crippen LogP contribution < -0.4 is 10.9 Å². The molecule has 0 radical (unpaired) electrons. The van der Waals surface area contributed by atoms with Crippen molar-refractivity contribution in [1.29, 1.82) is 0 Å². The number of aryl methyl sites for hydroxylation is 1. The van der Waals surface area contributed by atoms with Crippen molar-refractivity contribution in [2.45, 2.75) is 25.7 Å². The highest BCUT2D eigenvalue weighted by Crippen LogP contribution is 2.16. The second kappa shape index (κ2) is 6.37. The lowest BCUT2D eigenvalue weighted by Crippen LogP contribution is -2.39. The number of hydrogen-bond acceptors (Lipinski definition) is 5. The van der Waals surface area contributed by atoms with Gasteiger partial charge in [0.2, 0.25) is 5.95 Å². The fraction of sp³-hybridized carbons (Fsp3) is 0.714. The predicted octanol–water partition coefficient (Wildman–Crippen LogP) is 0.393. The summed E-state index contributed by atoms with van der Waals surface area (Å²) in [5, 5.41) is 3.23. The van der Waals surface area contributed by atoms with Gasteiger partial charge in [0, 0.05) is 31.7 Å². The minimum atomic E-state index is 0.0311. The average molecular weight is 278 g/mol. The molecule has 0 unspecified atom stereocenters. The molecule has 6 heteroatoms. The van der Waals surface area contributed by atoms with Crippen molar-refractivity contribution in [1.82, 2.24) is 14.9 Å². The summed E-state index contributed by atoms with van der Waals surface area (Å²) in [6.07, 6.45) is 4.03. The summed E-state index contributed by atoms with van der Waals surface area (Å²) in [6.45, 7) is 5.33. The lowest BCUT2D eigenvalue weighted by atomic mass is 9.97. The first kappa shape index (κ1) is 13.6. The van der Waals surface area contributed by atoms with Crippen LogP contribution in [0.25, 0.3) is 0 Å². The molecule has 20 heavy (non-hydrogen) atoms. The van der Waals surface area contributed by atoms with Crippen LogP contribution in [-0.4, -0.2) is 54.3 Å². The fourth-order valence-corrected chi connectivity index (χ4v) is 2.84. The lowest BCUT2D eigenvalue weighted by Gasteiger charge is -2.26. The van der Waals surface area contributed by atoms with E-state index in [9.17, 15) is 4.79 Å². The number of ether oxygens (including phenoxy) is 1. The highest BCUT2D eigenvalue weighted by Gasteiger charge is 2.15. The molecule has 0 atom stereocenters. The standard InChI is InChI=1S/C14H22N4O2/c19-13-11-3-1-2-4-12(11)16-14(17-13)15-5-6-18-7-9-20-10-8-18/h1-10H2,(H2,15,16,17,19). The summed E-state index contributed by atoms with van der Waals surface area (Å²) < 4.78 is 5.32. The minimum absolute atomic E-state index is 0.0311. The molecule has 2 N–H and O–H groups in total. The van der Waals surface area contributed by atoms with Crippen LogP contribution in [0.5, 0.6) is 0 Å². The Balaban J connectivity index is 1.57. The Morgan fingerprint density at radius 1 is 1.25 bits per heavy atom. The van der Waals surface area contributed by atoms with Gasteiger partial charge in [-0.15, -0.1) is 0 Å². The number of rotatable bonds is 4. The van der Waals surface area contributed by atoms with Gasteiger partial charge in [-0.2, -0.15) is 0 Å². The highest BCUT2D eigenvalue weighted by atomic mass is 16.5. The zero-order chi connectivity index (χ0) is 13.8. The van der Waals surface area contributed by atoms with Gasteiger partial charge in [-0.3, -0.25) is 14.7 Å². The first-order chi connectivity index (χ1) is 9.83. The second-order valence-corrected chi connectivity index (χ2v) is 5.43. The maximum atomic E-state index is 12.0. The van der Waals surface area contributed by atoms with Gasteiger partial charge in [0.15, 0.2) is 0 Å². The van der Waals surface area contributed by atoms with Gasteiger partial charge in [0.05, 0.1) is 18.9 Å². The van der Waals surface area contributed by atoms with Crippen LogP contribution in [0.15, 0.2) is 4.79 Å². The molecular weight excluding hydrogens is 256 g/mol. The van der Waals surface area contributed by atoms with E-state index in [1.54, 1.807) is 0 Å². The molecule has 2 heterocycles. The smallest absolute Gasteiger partial charge is 0.255 e. The number of aromatic nitrogens is 2. The number of nitrogens with one attached hydrogen (secondary N) is 2. The van der Waals surface area contributed by atoms with E-state index in [0.29, 0.717) is 5.95 Å². The Kier molecular flexibility index (Phi) is 4.32. The van der Waals surface area contributed by atoms with E-state index < -0.39 is 0 Å². The van der Waals surface area contributed by atoms with E-state index in [1.165, 1.54) is 0 Å². The zero-order valence-corrected chi connectivity index (χ0v) is 11.8. The van der Waals surface area contributed by atoms with E-state index in [1.807, 2.05) is 0 Å². The number of hydrogen-bond donors (Lipinski definition) is 2. The Labute approximate surface area is 118 Å². The Morgan fingerprint density at radius 3 is 2.90 bits per heavy atom. The second-order valence-electron chi connectivity index (χ2n) is 5.43. The molecule has 0 saturated carbocycles. The van der Waals surface area contributed by atoms with E-state index in [2.05, 4.69) is 20.2 Å². The predicted molar refractivity (Wildman–Crippen MR) is 77.2 cm³/mol. The van der Waals surface area contributed by atoms with E-state index >= 15 is 0 Å². The number of anilines is 1. The van der Waals surface area contributed by atoms with Crippen LogP contribution in [0.2, 0.25) is 0 Å². The molecule has 1 aromatic rings. The molecular formula is C14H22N4O2. The van der Waals surface area contributed by atoms with Crippen LogP contribution in [-0.2, 0) is 17.6 Å². The fourth-order valence-electron chi connectivity index (χ4n) is 2.84. The maximum Gasteiger partial charge on any atom is 0.255 e. The molecule has 6 nitrogen and oxygen atoms in total. The number of aromatic amines is 1. The van der Waals surface area contributed by atoms with Gasteiger partial charge in [-0.25, -0.2) is 4.98 Å².